The lowest BCUT2D eigenvalue weighted by Gasteiger charge is -1.93. The van der Waals surface area contributed by atoms with Gasteiger partial charge in [0.2, 0.25) is 0 Å². The van der Waals surface area contributed by atoms with Crippen molar-refractivity contribution in [2.24, 2.45) is 7.05 Å². The van der Waals surface area contributed by atoms with Crippen molar-refractivity contribution < 1.29 is 21.5 Å². The molecule has 0 aliphatic heterocycles. The number of hydrogen-bond acceptors (Lipinski definition) is 0. The molecule has 64 valence electrons. The van der Waals surface area contributed by atoms with Crippen LogP contribution in [0.15, 0.2) is 12.4 Å². The van der Waals surface area contributed by atoms with E-state index in [0.29, 0.717) is 0 Å². The van der Waals surface area contributed by atoms with Crippen LogP contribution in [-0.4, -0.2) is 4.57 Å². The summed E-state index contributed by atoms with van der Waals surface area (Å²) < 4.78 is 4.40. The van der Waals surface area contributed by atoms with Crippen molar-refractivity contribution in [2.45, 2.75) is 26.8 Å². The van der Waals surface area contributed by atoms with E-state index in [0.717, 1.165) is 6.54 Å². The van der Waals surface area contributed by atoms with Crippen LogP contribution >= 0.6 is 0 Å². The SMILES string of the molecule is CCCn1cc[n+](C)c1C.[Br-]. The third kappa shape index (κ3) is 2.33. The molecule has 0 amide bonds. The minimum Gasteiger partial charge on any atom is -1.00 e. The van der Waals surface area contributed by atoms with Gasteiger partial charge in [-0.3, -0.25) is 0 Å². The van der Waals surface area contributed by atoms with Crippen LogP contribution in [-0.2, 0) is 13.6 Å². The van der Waals surface area contributed by atoms with E-state index in [4.69, 9.17) is 0 Å². The Hall–Kier alpha value is -0.310. The molecule has 0 atom stereocenters. The predicted octanol–water partition coefficient (Wildman–Crippen LogP) is -1.96. The zero-order valence-electron chi connectivity index (χ0n) is 7.34. The Balaban J connectivity index is 0.000001000. The van der Waals surface area contributed by atoms with Crippen LogP contribution in [0.25, 0.3) is 0 Å². The first-order valence-corrected chi connectivity index (χ1v) is 3.77. The molecule has 1 rings (SSSR count). The molecule has 3 heteroatoms. The molecule has 0 bridgehead atoms. The number of halogens is 1. The highest BCUT2D eigenvalue weighted by Gasteiger charge is 2.05. The maximum Gasteiger partial charge on any atom is 0.253 e. The summed E-state index contributed by atoms with van der Waals surface area (Å²) in [5, 5.41) is 0. The summed E-state index contributed by atoms with van der Waals surface area (Å²) in [6, 6.07) is 0. The molecule has 0 aliphatic rings. The molecule has 0 aliphatic carbocycles. The summed E-state index contributed by atoms with van der Waals surface area (Å²) in [6.07, 6.45) is 5.42. The maximum atomic E-state index is 2.26. The van der Waals surface area contributed by atoms with Gasteiger partial charge in [0.15, 0.2) is 0 Å². The third-order valence-corrected chi connectivity index (χ3v) is 1.86. The van der Waals surface area contributed by atoms with Crippen molar-refractivity contribution >= 4 is 0 Å². The lowest BCUT2D eigenvalue weighted by Crippen LogP contribution is -3.00. The van der Waals surface area contributed by atoms with Gasteiger partial charge in [-0.05, 0) is 6.42 Å². The molecule has 1 aromatic heterocycles. The molecule has 1 heterocycles. The summed E-state index contributed by atoms with van der Waals surface area (Å²) in [5.41, 5.74) is 0. The van der Waals surface area contributed by atoms with Gasteiger partial charge in [-0.1, -0.05) is 6.92 Å². The normalized spacial score (nSPS) is 9.36. The minimum absolute atomic E-state index is 0. The van der Waals surface area contributed by atoms with E-state index in [1.54, 1.807) is 0 Å². The Labute approximate surface area is 78.6 Å². The van der Waals surface area contributed by atoms with Crippen molar-refractivity contribution in [1.82, 2.24) is 4.57 Å². The number of rotatable bonds is 2. The molecule has 0 fully saturated rings. The summed E-state index contributed by atoms with van der Waals surface area (Å²) in [7, 11) is 2.07. The van der Waals surface area contributed by atoms with Crippen LogP contribution in [0.1, 0.15) is 19.2 Å². The molecule has 0 spiro atoms. The van der Waals surface area contributed by atoms with Crippen LogP contribution in [0.3, 0.4) is 0 Å². The van der Waals surface area contributed by atoms with E-state index in [2.05, 4.69) is 42.4 Å². The Morgan fingerprint density at radius 3 is 2.55 bits per heavy atom. The van der Waals surface area contributed by atoms with Gasteiger partial charge in [-0.25, -0.2) is 9.13 Å². The molecule has 0 saturated carbocycles. The highest BCUT2D eigenvalue weighted by molar-refractivity contribution is 4.78. The number of hydrogen-bond donors (Lipinski definition) is 0. The van der Waals surface area contributed by atoms with E-state index in [-0.39, 0.29) is 17.0 Å². The van der Waals surface area contributed by atoms with Gasteiger partial charge in [0.05, 0.1) is 13.6 Å². The number of aryl methyl sites for hydroxylation is 2. The zero-order chi connectivity index (χ0) is 7.56. The Morgan fingerprint density at radius 2 is 2.18 bits per heavy atom. The Kier molecular flexibility index (Phi) is 4.42. The smallest absolute Gasteiger partial charge is 0.253 e. The first-order valence-electron chi connectivity index (χ1n) is 3.77. The van der Waals surface area contributed by atoms with Crippen molar-refractivity contribution in [3.05, 3.63) is 18.2 Å². The summed E-state index contributed by atoms with van der Waals surface area (Å²) in [6.45, 7) is 5.46. The van der Waals surface area contributed by atoms with E-state index in [9.17, 15) is 0 Å². The first-order chi connectivity index (χ1) is 4.75. The zero-order valence-corrected chi connectivity index (χ0v) is 8.93. The summed E-state index contributed by atoms with van der Waals surface area (Å²) in [4.78, 5) is 0. The monoisotopic (exact) mass is 218 g/mol. The predicted molar refractivity (Wildman–Crippen MR) is 40.6 cm³/mol. The Bertz CT molecular complexity index is 218. The fraction of sp³-hybridized carbons (Fsp3) is 0.625. The lowest BCUT2D eigenvalue weighted by molar-refractivity contribution is -0.677. The molecular formula is C8H15BrN2. The van der Waals surface area contributed by atoms with Crippen LogP contribution in [0.4, 0.5) is 0 Å². The standard InChI is InChI=1S/C8H15N2.BrH/c1-4-5-10-7-6-9(3)8(10)2;/h6-7H,4-5H2,1-3H3;1H/q+1;/p-1. The average Bonchev–Trinajstić information content (AvgIpc) is 2.20. The fourth-order valence-electron chi connectivity index (χ4n) is 1.08. The quantitative estimate of drug-likeness (QED) is 0.510. The molecule has 0 saturated heterocycles. The number of nitrogens with zero attached hydrogens (tertiary/aromatic N) is 2. The van der Waals surface area contributed by atoms with Crippen molar-refractivity contribution in [3.8, 4) is 0 Å². The lowest BCUT2D eigenvalue weighted by atomic mass is 10.5. The molecule has 0 N–H and O–H groups in total. The molecule has 0 unspecified atom stereocenters. The molecule has 0 aromatic carbocycles. The topological polar surface area (TPSA) is 8.81 Å². The van der Waals surface area contributed by atoms with Crippen LogP contribution in [0.2, 0.25) is 0 Å². The van der Waals surface area contributed by atoms with Gasteiger partial charge >= 0.3 is 0 Å². The molecule has 1 aromatic rings. The fourth-order valence-corrected chi connectivity index (χ4v) is 1.08. The molecular weight excluding hydrogens is 204 g/mol. The van der Waals surface area contributed by atoms with Gasteiger partial charge < -0.3 is 17.0 Å². The van der Waals surface area contributed by atoms with Gasteiger partial charge in [-0.15, -0.1) is 0 Å². The van der Waals surface area contributed by atoms with Crippen LogP contribution in [0, 0.1) is 6.92 Å². The second kappa shape index (κ2) is 4.54. The third-order valence-electron chi connectivity index (χ3n) is 1.86. The maximum absolute atomic E-state index is 2.26. The average molecular weight is 219 g/mol. The molecule has 0 radical (unpaired) electrons. The summed E-state index contributed by atoms with van der Waals surface area (Å²) >= 11 is 0. The van der Waals surface area contributed by atoms with E-state index < -0.39 is 0 Å². The van der Waals surface area contributed by atoms with Gasteiger partial charge in [0.1, 0.15) is 12.4 Å². The van der Waals surface area contributed by atoms with Gasteiger partial charge in [-0.2, -0.15) is 0 Å². The molecule has 11 heavy (non-hydrogen) atoms. The van der Waals surface area contributed by atoms with Gasteiger partial charge in [0.25, 0.3) is 5.82 Å². The van der Waals surface area contributed by atoms with Crippen molar-refractivity contribution in [1.29, 1.82) is 0 Å². The first kappa shape index (κ1) is 10.7. The van der Waals surface area contributed by atoms with Crippen molar-refractivity contribution in [3.63, 3.8) is 0 Å². The van der Waals surface area contributed by atoms with E-state index in [1.807, 2.05) is 0 Å². The van der Waals surface area contributed by atoms with E-state index >= 15 is 0 Å². The summed E-state index contributed by atoms with van der Waals surface area (Å²) in [5.74, 6) is 1.32. The minimum atomic E-state index is 0. The van der Waals surface area contributed by atoms with E-state index in [1.165, 1.54) is 12.2 Å². The number of imidazole rings is 1. The highest BCUT2D eigenvalue weighted by atomic mass is 79.9. The molecule has 2 nitrogen and oxygen atoms in total. The highest BCUT2D eigenvalue weighted by Crippen LogP contribution is 1.93. The second-order valence-electron chi connectivity index (χ2n) is 2.65. The van der Waals surface area contributed by atoms with Crippen LogP contribution < -0.4 is 21.5 Å². The van der Waals surface area contributed by atoms with Crippen molar-refractivity contribution in [2.75, 3.05) is 0 Å². The largest absolute Gasteiger partial charge is 1.00 e. The second-order valence-corrected chi connectivity index (χ2v) is 2.65. The Morgan fingerprint density at radius 1 is 1.55 bits per heavy atom. The van der Waals surface area contributed by atoms with Crippen LogP contribution in [0.5, 0.6) is 0 Å². The van der Waals surface area contributed by atoms with Gasteiger partial charge in [0, 0.05) is 6.92 Å². The number of aromatic nitrogens is 2.